The van der Waals surface area contributed by atoms with Crippen LogP contribution in [0.15, 0.2) is 18.2 Å². The van der Waals surface area contributed by atoms with Crippen LogP contribution in [0.1, 0.15) is 96.9 Å². The number of benzene rings is 1. The van der Waals surface area contributed by atoms with Gasteiger partial charge in [0.15, 0.2) is 0 Å². The SMILES string of the molecule is O=C1CCC(N2C(=O)c3ccc(CNC4CCCC(C5CCCC5)CC4)cc3C2=O)C(=O)N1. The Morgan fingerprint density at radius 2 is 1.55 bits per heavy atom. The van der Waals surface area contributed by atoms with Gasteiger partial charge in [0, 0.05) is 19.0 Å². The Balaban J connectivity index is 1.21. The Morgan fingerprint density at radius 3 is 2.33 bits per heavy atom. The molecule has 4 aliphatic rings. The van der Waals surface area contributed by atoms with Crippen LogP contribution in [0.5, 0.6) is 0 Å². The zero-order valence-corrected chi connectivity index (χ0v) is 19.1. The highest BCUT2D eigenvalue weighted by atomic mass is 16.2. The smallest absolute Gasteiger partial charge is 0.262 e. The van der Waals surface area contributed by atoms with Crippen molar-refractivity contribution in [1.82, 2.24) is 15.5 Å². The summed E-state index contributed by atoms with van der Waals surface area (Å²) in [5.74, 6) is -0.00956. The van der Waals surface area contributed by atoms with Crippen LogP contribution in [0.3, 0.4) is 0 Å². The molecule has 0 bridgehead atoms. The molecule has 0 spiro atoms. The van der Waals surface area contributed by atoms with Gasteiger partial charge in [-0.2, -0.15) is 0 Å². The Kier molecular flexibility index (Phi) is 6.32. The van der Waals surface area contributed by atoms with E-state index in [4.69, 9.17) is 0 Å². The van der Waals surface area contributed by atoms with Crippen molar-refractivity contribution in [1.29, 1.82) is 0 Å². The van der Waals surface area contributed by atoms with Crippen LogP contribution < -0.4 is 10.6 Å². The van der Waals surface area contributed by atoms with E-state index in [1.165, 1.54) is 57.8 Å². The monoisotopic (exact) mass is 451 g/mol. The maximum absolute atomic E-state index is 13.0. The molecule has 7 heteroatoms. The predicted molar refractivity (Wildman–Crippen MR) is 122 cm³/mol. The summed E-state index contributed by atoms with van der Waals surface area (Å²) in [4.78, 5) is 50.6. The quantitative estimate of drug-likeness (QED) is 0.529. The molecule has 2 aliphatic heterocycles. The molecule has 33 heavy (non-hydrogen) atoms. The van der Waals surface area contributed by atoms with Crippen LogP contribution in [0.2, 0.25) is 0 Å². The number of rotatable bonds is 5. The zero-order valence-electron chi connectivity index (χ0n) is 19.1. The second kappa shape index (κ2) is 9.37. The van der Waals surface area contributed by atoms with Crippen molar-refractivity contribution in [3.8, 4) is 0 Å². The molecule has 2 aliphatic carbocycles. The number of carbonyl (C=O) groups is 4. The minimum atomic E-state index is -0.921. The second-order valence-corrected chi connectivity index (χ2v) is 10.2. The number of imide groups is 2. The molecule has 2 N–H and O–H groups in total. The summed E-state index contributed by atoms with van der Waals surface area (Å²) in [6.45, 7) is 0.659. The first kappa shape index (κ1) is 22.3. The van der Waals surface area contributed by atoms with Crippen molar-refractivity contribution in [2.75, 3.05) is 0 Å². The van der Waals surface area contributed by atoms with E-state index in [0.29, 0.717) is 23.7 Å². The molecule has 0 radical (unpaired) electrons. The van der Waals surface area contributed by atoms with Crippen molar-refractivity contribution >= 4 is 23.6 Å². The van der Waals surface area contributed by atoms with Crippen molar-refractivity contribution < 1.29 is 19.2 Å². The number of piperidine rings is 1. The van der Waals surface area contributed by atoms with Gasteiger partial charge in [-0.1, -0.05) is 44.6 Å². The zero-order chi connectivity index (χ0) is 22.9. The Hall–Kier alpha value is -2.54. The molecule has 7 nitrogen and oxygen atoms in total. The molecule has 4 amide bonds. The summed E-state index contributed by atoms with van der Waals surface area (Å²) in [5, 5.41) is 5.92. The maximum atomic E-state index is 13.0. The molecule has 3 atom stereocenters. The Labute approximate surface area is 194 Å². The molecular weight excluding hydrogens is 418 g/mol. The molecular formula is C26H33N3O4. The highest BCUT2D eigenvalue weighted by Crippen LogP contribution is 2.38. The van der Waals surface area contributed by atoms with Gasteiger partial charge >= 0.3 is 0 Å². The van der Waals surface area contributed by atoms with Crippen LogP contribution in [-0.4, -0.2) is 40.6 Å². The number of carbonyl (C=O) groups excluding carboxylic acids is 4. The molecule has 3 fully saturated rings. The van der Waals surface area contributed by atoms with Crippen molar-refractivity contribution in [2.24, 2.45) is 11.8 Å². The molecule has 2 saturated carbocycles. The summed E-state index contributed by atoms with van der Waals surface area (Å²) < 4.78 is 0. The van der Waals surface area contributed by atoms with Crippen LogP contribution in [0, 0.1) is 11.8 Å². The average molecular weight is 452 g/mol. The Morgan fingerprint density at radius 1 is 0.818 bits per heavy atom. The van der Waals surface area contributed by atoms with E-state index >= 15 is 0 Å². The van der Waals surface area contributed by atoms with Crippen LogP contribution >= 0.6 is 0 Å². The topological polar surface area (TPSA) is 95.6 Å². The van der Waals surface area contributed by atoms with E-state index in [1.807, 2.05) is 6.07 Å². The number of amides is 4. The van der Waals surface area contributed by atoms with E-state index in [9.17, 15) is 19.2 Å². The summed E-state index contributed by atoms with van der Waals surface area (Å²) >= 11 is 0. The molecule has 1 aromatic carbocycles. The van der Waals surface area contributed by atoms with Crippen molar-refractivity contribution in [2.45, 2.75) is 89.3 Å². The first-order valence-electron chi connectivity index (χ1n) is 12.6. The lowest BCUT2D eigenvalue weighted by atomic mass is 9.85. The third-order valence-corrected chi connectivity index (χ3v) is 8.18. The normalized spacial score (nSPS) is 28.7. The highest BCUT2D eigenvalue weighted by Gasteiger charge is 2.44. The molecule has 1 aromatic rings. The Bertz CT molecular complexity index is 968. The minimum Gasteiger partial charge on any atom is -0.310 e. The van der Waals surface area contributed by atoms with Gasteiger partial charge in [-0.05, 0) is 55.2 Å². The van der Waals surface area contributed by atoms with Crippen LogP contribution in [0.25, 0.3) is 0 Å². The van der Waals surface area contributed by atoms with Crippen molar-refractivity contribution in [3.63, 3.8) is 0 Å². The van der Waals surface area contributed by atoms with Gasteiger partial charge in [-0.15, -0.1) is 0 Å². The van der Waals surface area contributed by atoms with Gasteiger partial charge in [0.1, 0.15) is 6.04 Å². The summed E-state index contributed by atoms with van der Waals surface area (Å²) in [6.07, 6.45) is 12.3. The van der Waals surface area contributed by atoms with E-state index in [-0.39, 0.29) is 18.7 Å². The van der Waals surface area contributed by atoms with E-state index in [0.717, 1.165) is 22.3 Å². The fourth-order valence-electron chi connectivity index (χ4n) is 6.33. The third kappa shape index (κ3) is 4.47. The molecule has 1 saturated heterocycles. The van der Waals surface area contributed by atoms with Gasteiger partial charge in [0.2, 0.25) is 11.8 Å². The standard InChI is InChI=1S/C26H33N3O4/c30-23-13-12-22(24(31)28-23)29-25(32)20-11-8-16(14-21(20)26(29)33)15-27-19-7-3-6-18(9-10-19)17-4-1-2-5-17/h8,11,14,17-19,22,27H,1-7,9-10,12-13,15H2,(H,28,30,31). The predicted octanol–water partition coefficient (Wildman–Crippen LogP) is 3.32. The first-order valence-corrected chi connectivity index (χ1v) is 12.6. The summed E-state index contributed by atoms with van der Waals surface area (Å²) in [6, 6.07) is 4.94. The van der Waals surface area contributed by atoms with Crippen LogP contribution in [-0.2, 0) is 16.1 Å². The highest BCUT2D eigenvalue weighted by molar-refractivity contribution is 6.23. The van der Waals surface area contributed by atoms with Gasteiger partial charge in [-0.25, -0.2) is 0 Å². The molecule has 3 unspecified atom stereocenters. The fourth-order valence-corrected chi connectivity index (χ4v) is 6.33. The minimum absolute atomic E-state index is 0.127. The lowest BCUT2D eigenvalue weighted by Crippen LogP contribution is -2.54. The first-order chi connectivity index (χ1) is 16.0. The maximum Gasteiger partial charge on any atom is 0.262 e. The third-order valence-electron chi connectivity index (χ3n) is 8.18. The van der Waals surface area contributed by atoms with Crippen LogP contribution in [0.4, 0.5) is 0 Å². The molecule has 5 rings (SSSR count). The van der Waals surface area contributed by atoms with Gasteiger partial charge in [0.05, 0.1) is 11.1 Å². The number of nitrogens with one attached hydrogen (secondary N) is 2. The van der Waals surface area contributed by atoms with Gasteiger partial charge < -0.3 is 5.32 Å². The largest absolute Gasteiger partial charge is 0.310 e. The summed E-state index contributed by atoms with van der Waals surface area (Å²) in [7, 11) is 0. The fraction of sp³-hybridized carbons (Fsp3) is 0.615. The van der Waals surface area contributed by atoms with E-state index in [2.05, 4.69) is 10.6 Å². The summed E-state index contributed by atoms with van der Waals surface area (Å²) in [5.41, 5.74) is 1.66. The number of nitrogens with zero attached hydrogens (tertiary/aromatic N) is 1. The molecule has 0 aromatic heterocycles. The average Bonchev–Trinajstić information content (AvgIpc) is 3.34. The van der Waals surface area contributed by atoms with Gasteiger partial charge in [0.25, 0.3) is 11.8 Å². The second-order valence-electron chi connectivity index (χ2n) is 10.2. The molecule has 2 heterocycles. The van der Waals surface area contributed by atoms with E-state index < -0.39 is 23.8 Å². The van der Waals surface area contributed by atoms with E-state index in [1.54, 1.807) is 12.1 Å². The number of hydrogen-bond acceptors (Lipinski definition) is 5. The number of fused-ring (bicyclic) bond motifs is 1. The number of hydrogen-bond donors (Lipinski definition) is 2. The molecule has 176 valence electrons. The van der Waals surface area contributed by atoms with Crippen molar-refractivity contribution in [3.05, 3.63) is 34.9 Å². The lowest BCUT2D eigenvalue weighted by molar-refractivity contribution is -0.136. The lowest BCUT2D eigenvalue weighted by Gasteiger charge is -2.27. The van der Waals surface area contributed by atoms with Gasteiger partial charge in [-0.3, -0.25) is 29.4 Å².